The summed E-state index contributed by atoms with van der Waals surface area (Å²) < 4.78 is 0.627. The maximum absolute atomic E-state index is 12.1. The lowest BCUT2D eigenvalue weighted by Crippen LogP contribution is -2.15. The number of hydrogen-bond donors (Lipinski definition) is 2. The van der Waals surface area contributed by atoms with Gasteiger partial charge in [0.2, 0.25) is 0 Å². The van der Waals surface area contributed by atoms with Crippen LogP contribution in [0.3, 0.4) is 0 Å². The van der Waals surface area contributed by atoms with Crippen LogP contribution in [0, 0.1) is 17.0 Å². The van der Waals surface area contributed by atoms with E-state index in [2.05, 4.69) is 26.2 Å². The van der Waals surface area contributed by atoms with Gasteiger partial charge in [0.05, 0.1) is 10.5 Å². The average Bonchev–Trinajstić information content (AvgIpc) is 2.41. The first-order chi connectivity index (χ1) is 9.88. The third-order valence-corrected chi connectivity index (χ3v) is 3.21. The number of nitrogens with one attached hydrogen (secondary N) is 1. The zero-order valence-corrected chi connectivity index (χ0v) is 12.5. The number of nitro groups is 1. The molecule has 0 bridgehead atoms. The average molecular weight is 351 g/mol. The molecule has 0 aliphatic rings. The van der Waals surface area contributed by atoms with Gasteiger partial charge in [0, 0.05) is 28.0 Å². The third kappa shape index (κ3) is 3.34. The number of anilines is 2. The van der Waals surface area contributed by atoms with Gasteiger partial charge >= 0.3 is 0 Å². The maximum Gasteiger partial charge on any atom is 0.272 e. The van der Waals surface area contributed by atoms with Gasteiger partial charge in [-0.3, -0.25) is 14.9 Å². The number of nitro benzene ring substituents is 1. The first-order valence-electron chi connectivity index (χ1n) is 5.86. The van der Waals surface area contributed by atoms with E-state index in [0.29, 0.717) is 15.7 Å². The monoisotopic (exact) mass is 350 g/mol. The van der Waals surface area contributed by atoms with Crippen LogP contribution in [0.5, 0.6) is 0 Å². The summed E-state index contributed by atoms with van der Waals surface area (Å²) in [4.78, 5) is 26.3. The lowest BCUT2D eigenvalue weighted by atomic mass is 10.1. The van der Waals surface area contributed by atoms with Gasteiger partial charge in [-0.15, -0.1) is 0 Å². The molecule has 0 saturated heterocycles. The van der Waals surface area contributed by atoms with E-state index in [1.54, 1.807) is 13.0 Å². The van der Waals surface area contributed by atoms with E-state index < -0.39 is 10.8 Å². The van der Waals surface area contributed by atoms with Gasteiger partial charge in [0.15, 0.2) is 0 Å². The molecule has 7 nitrogen and oxygen atoms in total. The molecule has 0 radical (unpaired) electrons. The molecule has 1 amide bonds. The highest BCUT2D eigenvalue weighted by atomic mass is 79.9. The number of rotatable bonds is 3. The van der Waals surface area contributed by atoms with Gasteiger partial charge in [-0.1, -0.05) is 0 Å². The summed E-state index contributed by atoms with van der Waals surface area (Å²) in [6.07, 6.45) is 1.49. The summed E-state index contributed by atoms with van der Waals surface area (Å²) in [5.41, 5.74) is 6.78. The predicted molar refractivity (Wildman–Crippen MR) is 82.1 cm³/mol. The number of carbonyl (C=O) groups excluding carboxylic acids is 1. The van der Waals surface area contributed by atoms with Crippen LogP contribution in [0.2, 0.25) is 0 Å². The Bertz CT molecular complexity index is 733. The summed E-state index contributed by atoms with van der Waals surface area (Å²) in [5.74, 6) is -0.330. The first kappa shape index (κ1) is 14.9. The van der Waals surface area contributed by atoms with Crippen LogP contribution in [0.1, 0.15) is 15.9 Å². The van der Waals surface area contributed by atoms with Crippen molar-refractivity contribution in [2.24, 2.45) is 0 Å². The number of nitrogen functional groups attached to an aromatic ring is 1. The predicted octanol–water partition coefficient (Wildman–Crippen LogP) is 2.90. The number of hydrogen-bond acceptors (Lipinski definition) is 5. The van der Waals surface area contributed by atoms with E-state index in [4.69, 9.17) is 5.73 Å². The Morgan fingerprint density at radius 1 is 1.43 bits per heavy atom. The molecule has 2 rings (SSSR count). The molecule has 0 unspecified atom stereocenters. The second-order valence-corrected chi connectivity index (χ2v) is 5.21. The Morgan fingerprint density at radius 2 is 2.14 bits per heavy atom. The fourth-order valence-corrected chi connectivity index (χ4v) is 2.10. The number of aryl methyl sites for hydroxylation is 1. The molecule has 0 saturated carbocycles. The molecule has 0 fully saturated rings. The van der Waals surface area contributed by atoms with Crippen molar-refractivity contribution in [3.63, 3.8) is 0 Å². The van der Waals surface area contributed by atoms with Crippen molar-refractivity contribution in [1.82, 2.24) is 4.98 Å². The number of aromatic nitrogens is 1. The molecule has 21 heavy (non-hydrogen) atoms. The smallest absolute Gasteiger partial charge is 0.272 e. The normalized spacial score (nSPS) is 10.2. The van der Waals surface area contributed by atoms with Crippen LogP contribution < -0.4 is 11.1 Å². The van der Waals surface area contributed by atoms with E-state index in [9.17, 15) is 14.9 Å². The molecular weight excluding hydrogens is 340 g/mol. The molecule has 0 aliphatic carbocycles. The maximum atomic E-state index is 12.1. The lowest BCUT2D eigenvalue weighted by molar-refractivity contribution is -0.385. The van der Waals surface area contributed by atoms with Crippen LogP contribution in [-0.4, -0.2) is 15.8 Å². The fraction of sp³-hybridized carbons (Fsp3) is 0.0769. The number of halogens is 1. The Kier molecular flexibility index (Phi) is 4.18. The fourth-order valence-electron chi connectivity index (χ4n) is 1.77. The quantitative estimate of drug-likeness (QED) is 0.652. The number of pyridine rings is 1. The van der Waals surface area contributed by atoms with Gasteiger partial charge < -0.3 is 11.1 Å². The Balaban J connectivity index is 2.26. The Labute approximate surface area is 128 Å². The SMILES string of the molecule is Cc1cc(NC(=O)c2cc(Br)cnc2N)ccc1[N+](=O)[O-]. The topological polar surface area (TPSA) is 111 Å². The first-order valence-corrected chi connectivity index (χ1v) is 6.65. The second kappa shape index (κ2) is 5.88. The van der Waals surface area contributed by atoms with E-state index in [1.807, 2.05) is 0 Å². The molecule has 1 aromatic carbocycles. The molecule has 1 heterocycles. The highest BCUT2D eigenvalue weighted by molar-refractivity contribution is 9.10. The summed E-state index contributed by atoms with van der Waals surface area (Å²) in [6.45, 7) is 1.60. The summed E-state index contributed by atoms with van der Waals surface area (Å²) in [7, 11) is 0. The van der Waals surface area contributed by atoms with Gasteiger partial charge in [0.25, 0.3) is 11.6 Å². The largest absolute Gasteiger partial charge is 0.383 e. The van der Waals surface area contributed by atoms with Crippen molar-refractivity contribution in [2.45, 2.75) is 6.92 Å². The van der Waals surface area contributed by atoms with Crippen LogP contribution in [0.15, 0.2) is 34.9 Å². The van der Waals surface area contributed by atoms with E-state index in [-0.39, 0.29) is 17.1 Å². The van der Waals surface area contributed by atoms with Crippen LogP contribution in [0.25, 0.3) is 0 Å². The number of nitrogens with zero attached hydrogens (tertiary/aromatic N) is 2. The molecule has 3 N–H and O–H groups in total. The van der Waals surface area contributed by atoms with Crippen LogP contribution >= 0.6 is 15.9 Å². The molecule has 0 atom stereocenters. The molecule has 0 spiro atoms. The van der Waals surface area contributed by atoms with Gasteiger partial charge in [-0.05, 0) is 41.1 Å². The van der Waals surface area contributed by atoms with Crippen molar-refractivity contribution >= 4 is 39.0 Å². The zero-order valence-electron chi connectivity index (χ0n) is 11.0. The molecule has 0 aliphatic heterocycles. The van der Waals surface area contributed by atoms with E-state index >= 15 is 0 Å². The Morgan fingerprint density at radius 3 is 2.76 bits per heavy atom. The minimum Gasteiger partial charge on any atom is -0.383 e. The highest BCUT2D eigenvalue weighted by Crippen LogP contribution is 2.23. The number of benzene rings is 1. The van der Waals surface area contributed by atoms with Crippen LogP contribution in [-0.2, 0) is 0 Å². The molecule has 1 aromatic heterocycles. The minimum atomic E-state index is -0.475. The number of nitrogens with two attached hydrogens (primary N) is 1. The van der Waals surface area contributed by atoms with E-state index in [0.717, 1.165) is 0 Å². The van der Waals surface area contributed by atoms with Crippen molar-refractivity contribution in [2.75, 3.05) is 11.1 Å². The number of carbonyl (C=O) groups is 1. The Hall–Kier alpha value is -2.48. The summed E-state index contributed by atoms with van der Waals surface area (Å²) in [5, 5.41) is 13.4. The number of amides is 1. The zero-order chi connectivity index (χ0) is 15.6. The van der Waals surface area contributed by atoms with Crippen molar-refractivity contribution in [3.05, 3.63) is 56.2 Å². The molecule has 108 valence electrons. The van der Waals surface area contributed by atoms with Gasteiger partial charge in [0.1, 0.15) is 5.82 Å². The van der Waals surface area contributed by atoms with Gasteiger partial charge in [-0.2, -0.15) is 0 Å². The molecular formula is C13H11BrN4O3. The summed E-state index contributed by atoms with van der Waals surface area (Å²) in [6, 6.07) is 5.88. The van der Waals surface area contributed by atoms with Crippen LogP contribution in [0.4, 0.5) is 17.2 Å². The summed E-state index contributed by atoms with van der Waals surface area (Å²) >= 11 is 3.21. The third-order valence-electron chi connectivity index (χ3n) is 2.78. The standard InChI is InChI=1S/C13H11BrN4O3/c1-7-4-9(2-3-11(7)18(20)21)17-13(19)10-5-8(14)6-16-12(10)15/h2-6H,1H3,(H2,15,16)(H,17,19). The van der Waals surface area contributed by atoms with Crippen molar-refractivity contribution in [1.29, 1.82) is 0 Å². The lowest BCUT2D eigenvalue weighted by Gasteiger charge is -2.08. The van der Waals surface area contributed by atoms with Crippen molar-refractivity contribution in [3.8, 4) is 0 Å². The molecule has 8 heteroatoms. The highest BCUT2D eigenvalue weighted by Gasteiger charge is 2.14. The second-order valence-electron chi connectivity index (χ2n) is 4.30. The molecule has 2 aromatic rings. The van der Waals surface area contributed by atoms with Gasteiger partial charge in [-0.25, -0.2) is 4.98 Å². The minimum absolute atomic E-state index is 0.00312. The van der Waals surface area contributed by atoms with Crippen molar-refractivity contribution < 1.29 is 9.72 Å². The van der Waals surface area contributed by atoms with E-state index in [1.165, 1.54) is 24.4 Å².